The van der Waals surface area contributed by atoms with Gasteiger partial charge in [-0.15, -0.1) is 0 Å². The molecule has 172 valence electrons. The van der Waals surface area contributed by atoms with Crippen molar-refractivity contribution in [1.82, 2.24) is 9.80 Å². The molecule has 3 heterocycles. The van der Waals surface area contributed by atoms with Gasteiger partial charge in [0.15, 0.2) is 0 Å². The van der Waals surface area contributed by atoms with E-state index in [-0.39, 0.29) is 25.3 Å². The molecule has 4 rings (SSSR count). The Balaban J connectivity index is 1.28. The molecule has 1 amide bonds. The molecule has 9 heteroatoms. The molecule has 3 saturated heterocycles. The lowest BCUT2D eigenvalue weighted by Crippen LogP contribution is -2.49. The molecule has 3 aliphatic rings. The number of β-amino-alcohol motifs (C(OH)–C–C–N with tert-alkyl or cyclic N) is 1. The third kappa shape index (κ3) is 5.91. The van der Waals surface area contributed by atoms with Crippen molar-refractivity contribution in [2.75, 3.05) is 75.8 Å². The molecule has 2 N–H and O–H groups in total. The van der Waals surface area contributed by atoms with Crippen LogP contribution in [0.4, 0.5) is 20.2 Å². The summed E-state index contributed by atoms with van der Waals surface area (Å²) in [5.74, 6) is -2.71. The highest BCUT2D eigenvalue weighted by Crippen LogP contribution is 2.30. The smallest absolute Gasteiger partial charge is 0.250 e. The first-order valence-electron chi connectivity index (χ1n) is 11.1. The highest BCUT2D eigenvalue weighted by atomic mass is 19.3. The van der Waals surface area contributed by atoms with Gasteiger partial charge in [-0.05, 0) is 18.6 Å². The number of rotatable bonds is 6. The Hall–Kier alpha value is -1.81. The average molecular weight is 439 g/mol. The second kappa shape index (κ2) is 9.36. The number of aliphatic hydroxyl groups is 1. The number of ether oxygens (including phenoxy) is 1. The fourth-order valence-electron chi connectivity index (χ4n) is 4.71. The number of nitrogens with one attached hydrogen (secondary N) is 1. The summed E-state index contributed by atoms with van der Waals surface area (Å²) >= 11 is 0. The maximum absolute atomic E-state index is 13.4. The van der Waals surface area contributed by atoms with E-state index in [1.165, 1.54) is 0 Å². The highest BCUT2D eigenvalue weighted by molar-refractivity contribution is 5.95. The zero-order valence-corrected chi connectivity index (χ0v) is 17.9. The molecule has 0 aliphatic carbocycles. The number of hydrogen-bond acceptors (Lipinski definition) is 6. The van der Waals surface area contributed by atoms with E-state index < -0.39 is 11.5 Å². The number of likely N-dealkylation sites (tertiary alicyclic amines) is 2. The van der Waals surface area contributed by atoms with E-state index in [1.54, 1.807) is 0 Å². The van der Waals surface area contributed by atoms with Gasteiger partial charge in [0, 0.05) is 58.7 Å². The summed E-state index contributed by atoms with van der Waals surface area (Å²) in [6.07, 6.45) is 0.229. The van der Waals surface area contributed by atoms with E-state index in [0.29, 0.717) is 52.4 Å². The van der Waals surface area contributed by atoms with Crippen LogP contribution in [0.1, 0.15) is 19.3 Å². The summed E-state index contributed by atoms with van der Waals surface area (Å²) in [7, 11) is 0. The van der Waals surface area contributed by atoms with Crippen LogP contribution in [0.3, 0.4) is 0 Å². The number of morpholine rings is 1. The predicted molar refractivity (Wildman–Crippen MR) is 115 cm³/mol. The second-order valence-electron chi connectivity index (χ2n) is 8.98. The molecule has 31 heavy (non-hydrogen) atoms. The standard InChI is InChI=1S/C22H32F2N4O3/c23-22(24)6-9-26(10-7-22)16-21(30)5-8-27(17-21)15-20(29)25-18-3-1-2-4-19(18)28-11-13-31-14-12-28/h1-4,30H,5-17H2,(H,25,29)/t21-/m1/s1. The number of halogens is 2. The van der Waals surface area contributed by atoms with Crippen LogP contribution < -0.4 is 10.2 Å². The summed E-state index contributed by atoms with van der Waals surface area (Å²) < 4.78 is 32.1. The minimum Gasteiger partial charge on any atom is -0.387 e. The number of alkyl halides is 2. The van der Waals surface area contributed by atoms with Gasteiger partial charge in [-0.25, -0.2) is 8.78 Å². The number of carbonyl (C=O) groups excluding carboxylic acids is 1. The average Bonchev–Trinajstić information content (AvgIpc) is 3.11. The third-order valence-corrected chi connectivity index (χ3v) is 6.41. The number of piperidine rings is 1. The maximum Gasteiger partial charge on any atom is 0.250 e. The summed E-state index contributed by atoms with van der Waals surface area (Å²) in [5, 5.41) is 14.0. The van der Waals surface area contributed by atoms with Crippen molar-refractivity contribution in [3.63, 3.8) is 0 Å². The molecule has 1 aromatic carbocycles. The van der Waals surface area contributed by atoms with E-state index in [9.17, 15) is 18.7 Å². The quantitative estimate of drug-likeness (QED) is 0.704. The summed E-state index contributed by atoms with van der Waals surface area (Å²) in [4.78, 5) is 18.8. The van der Waals surface area contributed by atoms with Gasteiger partial charge in [0.25, 0.3) is 5.92 Å². The molecule has 0 radical (unpaired) electrons. The highest BCUT2D eigenvalue weighted by Gasteiger charge is 2.41. The number of anilines is 2. The Labute approximate surface area is 181 Å². The Bertz CT molecular complexity index is 765. The van der Waals surface area contributed by atoms with Gasteiger partial charge in [0.05, 0.1) is 36.7 Å². The number of carbonyl (C=O) groups is 1. The Kier molecular flexibility index (Phi) is 6.76. The molecule has 0 bridgehead atoms. The number of benzene rings is 1. The summed E-state index contributed by atoms with van der Waals surface area (Å²) in [6, 6.07) is 7.75. The Morgan fingerprint density at radius 1 is 1.03 bits per heavy atom. The van der Waals surface area contributed by atoms with Crippen LogP contribution in [0, 0.1) is 0 Å². The zero-order valence-electron chi connectivity index (χ0n) is 17.9. The molecule has 1 aromatic rings. The minimum absolute atomic E-state index is 0.123. The van der Waals surface area contributed by atoms with E-state index in [0.717, 1.165) is 24.5 Å². The van der Waals surface area contributed by atoms with E-state index in [2.05, 4.69) is 10.2 Å². The van der Waals surface area contributed by atoms with Crippen LogP contribution >= 0.6 is 0 Å². The molecule has 3 fully saturated rings. The second-order valence-corrected chi connectivity index (χ2v) is 8.98. The monoisotopic (exact) mass is 438 g/mol. The van der Waals surface area contributed by atoms with Gasteiger partial charge >= 0.3 is 0 Å². The van der Waals surface area contributed by atoms with Gasteiger partial charge < -0.3 is 20.1 Å². The fourth-order valence-corrected chi connectivity index (χ4v) is 4.71. The van der Waals surface area contributed by atoms with Crippen LogP contribution in [-0.4, -0.2) is 97.9 Å². The predicted octanol–water partition coefficient (Wildman–Crippen LogP) is 1.63. The first-order valence-corrected chi connectivity index (χ1v) is 11.1. The molecule has 0 spiro atoms. The summed E-state index contributed by atoms with van der Waals surface area (Å²) in [5.41, 5.74) is 0.801. The lowest BCUT2D eigenvalue weighted by atomic mass is 10.00. The SMILES string of the molecule is O=C(CN1CC[C@@](O)(CN2CCC(F)(F)CC2)C1)Nc1ccccc1N1CCOCC1. The lowest BCUT2D eigenvalue weighted by molar-refractivity contribution is -0.117. The molecule has 0 aromatic heterocycles. The molecular formula is C22H32F2N4O3. The van der Waals surface area contributed by atoms with E-state index in [4.69, 9.17) is 4.74 Å². The van der Waals surface area contributed by atoms with E-state index >= 15 is 0 Å². The Morgan fingerprint density at radius 3 is 2.45 bits per heavy atom. The van der Waals surface area contributed by atoms with Crippen LogP contribution in [0.25, 0.3) is 0 Å². The van der Waals surface area contributed by atoms with Gasteiger partial charge in [0.2, 0.25) is 5.91 Å². The van der Waals surface area contributed by atoms with Gasteiger partial charge in [-0.2, -0.15) is 0 Å². The minimum atomic E-state index is -2.59. The normalized spacial score (nSPS) is 27.4. The van der Waals surface area contributed by atoms with Crippen LogP contribution in [0.2, 0.25) is 0 Å². The van der Waals surface area contributed by atoms with Gasteiger partial charge in [-0.1, -0.05) is 12.1 Å². The lowest BCUT2D eigenvalue weighted by Gasteiger charge is -2.36. The van der Waals surface area contributed by atoms with E-state index in [1.807, 2.05) is 34.1 Å². The fraction of sp³-hybridized carbons (Fsp3) is 0.682. The van der Waals surface area contributed by atoms with Crippen molar-refractivity contribution in [2.24, 2.45) is 0 Å². The molecule has 3 aliphatic heterocycles. The van der Waals surface area contributed by atoms with Crippen molar-refractivity contribution in [1.29, 1.82) is 0 Å². The van der Waals surface area contributed by atoms with Crippen molar-refractivity contribution in [3.05, 3.63) is 24.3 Å². The number of nitrogens with zero attached hydrogens (tertiary/aromatic N) is 3. The van der Waals surface area contributed by atoms with Gasteiger partial charge in [0.1, 0.15) is 0 Å². The number of para-hydroxylation sites is 2. The van der Waals surface area contributed by atoms with Crippen molar-refractivity contribution in [2.45, 2.75) is 30.8 Å². The van der Waals surface area contributed by atoms with Crippen molar-refractivity contribution < 1.29 is 23.4 Å². The first kappa shape index (κ1) is 22.4. The van der Waals surface area contributed by atoms with Crippen LogP contribution in [-0.2, 0) is 9.53 Å². The number of hydrogen-bond donors (Lipinski definition) is 2. The van der Waals surface area contributed by atoms with Crippen LogP contribution in [0.15, 0.2) is 24.3 Å². The summed E-state index contributed by atoms with van der Waals surface area (Å²) in [6.45, 7) is 5.06. The first-order chi connectivity index (χ1) is 14.8. The molecule has 7 nitrogen and oxygen atoms in total. The third-order valence-electron chi connectivity index (χ3n) is 6.41. The molecule has 0 unspecified atom stereocenters. The molecule has 0 saturated carbocycles. The number of amides is 1. The zero-order chi connectivity index (χ0) is 21.9. The van der Waals surface area contributed by atoms with Crippen LogP contribution in [0.5, 0.6) is 0 Å². The topological polar surface area (TPSA) is 68.3 Å². The van der Waals surface area contributed by atoms with Gasteiger partial charge in [-0.3, -0.25) is 14.6 Å². The largest absolute Gasteiger partial charge is 0.387 e. The maximum atomic E-state index is 13.4. The van der Waals surface area contributed by atoms with Crippen molar-refractivity contribution in [3.8, 4) is 0 Å². The molecular weight excluding hydrogens is 406 g/mol. The van der Waals surface area contributed by atoms with Crippen molar-refractivity contribution >= 4 is 17.3 Å². The molecule has 1 atom stereocenters. The Morgan fingerprint density at radius 2 is 1.71 bits per heavy atom.